The zero-order valence-corrected chi connectivity index (χ0v) is 41.8. The number of phenols is 1. The van der Waals surface area contributed by atoms with Crippen LogP contribution in [-0.2, 0) is 32.1 Å². The van der Waals surface area contributed by atoms with E-state index in [1.807, 2.05) is 84.7 Å². The van der Waals surface area contributed by atoms with Gasteiger partial charge in [-0.05, 0) is 116 Å². The van der Waals surface area contributed by atoms with E-state index in [2.05, 4.69) is 52.5 Å². The Morgan fingerprint density at radius 2 is 1.51 bits per heavy atom. The molecule has 7 N–H and O–H groups in total. The van der Waals surface area contributed by atoms with Gasteiger partial charge in [0.25, 0.3) is 6.47 Å². The highest BCUT2D eigenvalue weighted by molar-refractivity contribution is 5.82. The first-order valence-corrected chi connectivity index (χ1v) is 24.3. The maximum absolute atomic E-state index is 12.8. The van der Waals surface area contributed by atoms with Crippen molar-refractivity contribution in [3.8, 4) is 11.5 Å². The van der Waals surface area contributed by atoms with Crippen LogP contribution in [0.5, 0.6) is 11.5 Å². The minimum absolute atomic E-state index is 0.0377. The van der Waals surface area contributed by atoms with E-state index in [9.17, 15) is 24.6 Å². The van der Waals surface area contributed by atoms with Gasteiger partial charge in [-0.2, -0.15) is 0 Å². The molecule has 5 aromatic carbocycles. The Bertz CT molecular complexity index is 2270. The average molecular weight is 974 g/mol. The number of phenolic OH excluding ortho intramolecular Hbond substituents is 1. The monoisotopic (exact) mass is 974 g/mol. The number of nitrogens with zero attached hydrogens (tertiary/aromatic N) is 1. The molecule has 2 unspecified atom stereocenters. The minimum Gasteiger partial charge on any atom is -0.506 e. The van der Waals surface area contributed by atoms with Gasteiger partial charge >= 0.3 is 0 Å². The third-order valence-electron chi connectivity index (χ3n) is 11.8. The Morgan fingerprint density at radius 3 is 2.11 bits per heavy atom. The molecule has 0 radical (unpaired) electrons. The molecule has 2 atom stereocenters. The van der Waals surface area contributed by atoms with Crippen molar-refractivity contribution in [2.45, 2.75) is 64.2 Å². The number of hydrogen-bond donors (Lipinski definition) is 7. The van der Waals surface area contributed by atoms with E-state index in [4.69, 9.17) is 19.4 Å². The zero-order valence-electron chi connectivity index (χ0n) is 41.8. The lowest BCUT2D eigenvalue weighted by atomic mass is 9.96. The lowest BCUT2D eigenvalue weighted by Gasteiger charge is -2.23. The van der Waals surface area contributed by atoms with Crippen LogP contribution in [0.2, 0.25) is 0 Å². The highest BCUT2D eigenvalue weighted by atomic mass is 16.5. The van der Waals surface area contributed by atoms with E-state index in [-0.39, 0.29) is 30.7 Å². The van der Waals surface area contributed by atoms with E-state index in [0.29, 0.717) is 67.9 Å². The van der Waals surface area contributed by atoms with Crippen molar-refractivity contribution in [1.82, 2.24) is 20.9 Å². The summed E-state index contributed by atoms with van der Waals surface area (Å²) in [7, 11) is 5.28. The molecule has 14 heteroatoms. The van der Waals surface area contributed by atoms with Crippen LogP contribution in [0, 0.1) is 5.92 Å². The average Bonchev–Trinajstić information content (AvgIpc) is 3.41. The first-order valence-electron chi connectivity index (χ1n) is 24.3. The molecule has 1 aliphatic rings. The lowest BCUT2D eigenvalue weighted by Crippen LogP contribution is -2.36. The summed E-state index contributed by atoms with van der Waals surface area (Å²) in [5.41, 5.74) is 6.67. The number of aldehydes is 2. The second-order valence-corrected chi connectivity index (χ2v) is 16.7. The number of methoxy groups -OCH3 is 1. The number of aliphatic hydroxyl groups is 1. The summed E-state index contributed by atoms with van der Waals surface area (Å²) in [6.07, 6.45) is 9.58. The van der Waals surface area contributed by atoms with E-state index >= 15 is 0 Å². The van der Waals surface area contributed by atoms with Crippen LogP contribution >= 0.6 is 0 Å². The van der Waals surface area contributed by atoms with Gasteiger partial charge in [0, 0.05) is 51.5 Å². The number of piperidine rings is 1. The molecule has 0 spiro atoms. The molecule has 6 rings (SSSR count). The number of aromatic hydroxyl groups is 1. The van der Waals surface area contributed by atoms with Crippen LogP contribution in [-0.4, -0.2) is 112 Å². The first kappa shape index (κ1) is 58.6. The maximum Gasteiger partial charge on any atom is 0.290 e. The quantitative estimate of drug-likeness (QED) is 0.0135. The van der Waals surface area contributed by atoms with Gasteiger partial charge in [0.15, 0.2) is 0 Å². The minimum atomic E-state index is -0.841. The van der Waals surface area contributed by atoms with Gasteiger partial charge < -0.3 is 51.0 Å². The van der Waals surface area contributed by atoms with Crippen molar-refractivity contribution < 1.29 is 44.0 Å². The molecule has 0 aliphatic carbocycles. The summed E-state index contributed by atoms with van der Waals surface area (Å²) in [4.78, 5) is 44.6. The van der Waals surface area contributed by atoms with Gasteiger partial charge in [-0.1, -0.05) is 116 Å². The van der Waals surface area contributed by atoms with Gasteiger partial charge in [0.1, 0.15) is 30.7 Å². The van der Waals surface area contributed by atoms with Crippen LogP contribution < -0.4 is 26.0 Å². The summed E-state index contributed by atoms with van der Waals surface area (Å²) in [5, 5.41) is 40.6. The number of benzene rings is 5. The first-order chi connectivity index (χ1) is 34.7. The summed E-state index contributed by atoms with van der Waals surface area (Å²) in [5.74, 6) is 1.97. The van der Waals surface area contributed by atoms with Gasteiger partial charge in [-0.3, -0.25) is 19.2 Å². The number of amides is 1. The third kappa shape index (κ3) is 21.9. The second-order valence-electron chi connectivity index (χ2n) is 16.7. The highest BCUT2D eigenvalue weighted by Gasteiger charge is 2.18. The Morgan fingerprint density at radius 1 is 0.845 bits per heavy atom. The summed E-state index contributed by atoms with van der Waals surface area (Å²) in [6.45, 7) is 7.75. The molecule has 0 saturated carbocycles. The number of carboxylic acid groups (broad SMARTS) is 1. The molecule has 1 amide bonds. The zero-order chi connectivity index (χ0) is 51.5. The Balaban J connectivity index is 0.000000318. The molecule has 1 aliphatic heterocycles. The summed E-state index contributed by atoms with van der Waals surface area (Å²) < 4.78 is 11.1. The number of anilines is 1. The third-order valence-corrected chi connectivity index (χ3v) is 11.8. The molecule has 1 heterocycles. The molecule has 382 valence electrons. The topological polar surface area (TPSA) is 199 Å². The van der Waals surface area contributed by atoms with Crippen molar-refractivity contribution in [1.29, 1.82) is 0 Å². The number of hydrogen-bond acceptors (Lipinski definition) is 12. The van der Waals surface area contributed by atoms with E-state index in [1.54, 1.807) is 38.4 Å². The molecule has 1 saturated heterocycles. The molecule has 0 aromatic heterocycles. The normalized spacial score (nSPS) is 12.9. The number of rotatable bonds is 24. The fraction of sp³-hybridized carbons (Fsp3) is 0.368. The van der Waals surface area contributed by atoms with Crippen molar-refractivity contribution >= 4 is 36.7 Å². The number of carbonyl (C=O) groups excluding carboxylic acids is 3. The maximum atomic E-state index is 12.8. The van der Waals surface area contributed by atoms with Crippen LogP contribution in [0.1, 0.15) is 94.9 Å². The predicted molar refractivity (Wildman–Crippen MR) is 283 cm³/mol. The molecular weight excluding hydrogens is 899 g/mol. The molecule has 5 aromatic rings. The Labute approximate surface area is 420 Å². The van der Waals surface area contributed by atoms with Gasteiger partial charge in [0.05, 0.1) is 24.3 Å². The smallest absolute Gasteiger partial charge is 0.290 e. The fourth-order valence-electron chi connectivity index (χ4n) is 7.98. The number of ether oxygens (including phenoxy) is 2. The van der Waals surface area contributed by atoms with E-state index in [0.717, 1.165) is 47.5 Å². The second kappa shape index (κ2) is 35.4. The largest absolute Gasteiger partial charge is 0.506 e. The number of aliphatic hydroxyl groups excluding tert-OH is 1. The number of allylic oxidation sites excluding steroid dienone is 1. The van der Waals surface area contributed by atoms with Crippen LogP contribution in [0.3, 0.4) is 0 Å². The van der Waals surface area contributed by atoms with Crippen LogP contribution in [0.25, 0.3) is 6.08 Å². The molecular formula is C57H75N5O9. The summed E-state index contributed by atoms with van der Waals surface area (Å²) in [6, 6.07) is 38.9. The Kier molecular flexibility index (Phi) is 29.3. The molecule has 14 nitrogen and oxygen atoms in total. The van der Waals surface area contributed by atoms with Gasteiger partial charge in [0.2, 0.25) is 5.91 Å². The van der Waals surface area contributed by atoms with Crippen molar-refractivity contribution in [3.05, 3.63) is 166 Å². The van der Waals surface area contributed by atoms with Crippen LogP contribution in [0.15, 0.2) is 127 Å². The predicted octanol–water partition coefficient (Wildman–Crippen LogP) is 8.25. The lowest BCUT2D eigenvalue weighted by molar-refractivity contribution is -0.130. The van der Waals surface area contributed by atoms with Crippen molar-refractivity contribution in [2.24, 2.45) is 5.92 Å². The van der Waals surface area contributed by atoms with Crippen LogP contribution in [0.4, 0.5) is 5.69 Å². The molecule has 1 fully saturated rings. The van der Waals surface area contributed by atoms with Gasteiger partial charge in [-0.25, -0.2) is 0 Å². The summed E-state index contributed by atoms with van der Waals surface area (Å²) >= 11 is 0. The number of carbonyl (C=O) groups is 4. The highest BCUT2D eigenvalue weighted by Crippen LogP contribution is 2.34. The fourth-order valence-corrected chi connectivity index (χ4v) is 7.98. The van der Waals surface area contributed by atoms with Gasteiger partial charge in [-0.15, -0.1) is 0 Å². The Hall–Kier alpha value is -6.68. The standard InChI is InChI=1S/C27H37N3O5.C22H21NO2.C7H15N.CH2O2/c1-28-27-23(11-6-17-31)22(12-13-24(27)32)25(33)20-29-14-7-15-30(16-8-18-35-2)26(34)19-21-9-4-3-5-10-21;1-23-22(19-6-3-2-4-7-19)20-8-5-9-21(14-20)25-16-18-12-10-17(15-24)11-13-18;1-2-7-3-5-8-6-4-7;2-1-3/h3-6,9-13,17,25,28-29,32-33H,7-8,14-16,18-20H2,1-2H3;2-15,22-23H,16H2,1H3;7-8H,2-6H2,1H3;1H,(H,2,3)/b11-6-;;;. The van der Waals surface area contributed by atoms with E-state index < -0.39 is 6.10 Å². The van der Waals surface area contributed by atoms with Crippen molar-refractivity contribution in [2.75, 3.05) is 72.4 Å². The molecule has 71 heavy (non-hydrogen) atoms. The van der Waals surface area contributed by atoms with E-state index in [1.165, 1.54) is 50.1 Å². The SMILES string of the molecule is CCC1CCNCC1.CNC(c1ccccc1)c1cccc(OCc2ccc(C=O)cc2)c1.CNc1c(O)ccc(C(O)CNCCCN(CCCOC)C(=O)Cc2ccccc2)c1/C=C\C=O.O=CO. The molecule has 0 bridgehead atoms. The van der Waals surface area contributed by atoms with Crippen molar-refractivity contribution in [3.63, 3.8) is 0 Å². The number of nitrogens with one attached hydrogen (secondary N) is 4.